The number of nitrogens with zero attached hydrogens (tertiary/aromatic N) is 1. The average molecular weight is 496 g/mol. The summed E-state index contributed by atoms with van der Waals surface area (Å²) in [7, 11) is 0. The van der Waals surface area contributed by atoms with Gasteiger partial charge in [0.05, 0.1) is 0 Å². The zero-order valence-electron chi connectivity index (χ0n) is 23.6. The minimum Gasteiger partial charge on any atom is -0.444 e. The first-order chi connectivity index (χ1) is 16.3. The minimum atomic E-state index is -0.457. The first-order valence-corrected chi connectivity index (χ1v) is 13.3. The molecule has 0 unspecified atom stereocenters. The van der Waals surface area contributed by atoms with Crippen LogP contribution < -0.4 is 10.6 Å². The van der Waals surface area contributed by atoms with Gasteiger partial charge in [0.15, 0.2) is 0 Å². The highest BCUT2D eigenvalue weighted by Crippen LogP contribution is 2.10. The van der Waals surface area contributed by atoms with Gasteiger partial charge in [0.2, 0.25) is 0 Å². The summed E-state index contributed by atoms with van der Waals surface area (Å²) in [5, 5.41) is 5.65. The van der Waals surface area contributed by atoms with Crippen LogP contribution in [-0.2, 0) is 9.47 Å². The van der Waals surface area contributed by atoms with E-state index in [1.54, 1.807) is 0 Å². The second kappa shape index (κ2) is 18.3. The van der Waals surface area contributed by atoms with Crippen molar-refractivity contribution >= 4 is 12.2 Å². The van der Waals surface area contributed by atoms with Crippen LogP contribution in [0.5, 0.6) is 0 Å². The predicted molar refractivity (Wildman–Crippen MR) is 146 cm³/mol. The van der Waals surface area contributed by atoms with Gasteiger partial charge >= 0.3 is 12.2 Å². The van der Waals surface area contributed by atoms with Crippen molar-refractivity contribution in [1.82, 2.24) is 15.5 Å². The van der Waals surface area contributed by atoms with Crippen molar-refractivity contribution in [2.75, 3.05) is 32.7 Å². The van der Waals surface area contributed by atoms with Crippen molar-refractivity contribution in [3.63, 3.8) is 0 Å². The number of alkyl carbamates (subject to hydrolysis) is 2. The standard InChI is InChI=1S/C28H53N3O4/c1-9-18-24(2)23-31(21-16-12-10-14-19-29-25(32)34-27(3,4)5)22-17-13-11-15-20-30-26(33)35-28(6,7)8/h9,18H,2,10-17,19-23H2,1,3-8H3,(H,29,32)(H,30,33)/b18-9-. The molecule has 35 heavy (non-hydrogen) atoms. The van der Waals surface area contributed by atoms with Crippen molar-refractivity contribution in [1.29, 1.82) is 0 Å². The number of allylic oxidation sites excluding steroid dienone is 1. The Balaban J connectivity index is 4.06. The largest absolute Gasteiger partial charge is 0.444 e. The highest BCUT2D eigenvalue weighted by atomic mass is 16.6. The molecule has 0 fully saturated rings. The molecule has 0 aromatic rings. The number of nitrogens with one attached hydrogen (secondary N) is 2. The van der Waals surface area contributed by atoms with Crippen molar-refractivity contribution in [3.05, 3.63) is 24.3 Å². The van der Waals surface area contributed by atoms with E-state index >= 15 is 0 Å². The molecule has 7 nitrogen and oxygen atoms in total. The van der Waals surface area contributed by atoms with Crippen molar-refractivity contribution in [3.8, 4) is 0 Å². The maximum atomic E-state index is 11.7. The van der Waals surface area contributed by atoms with Crippen LogP contribution in [0.15, 0.2) is 24.3 Å². The fraction of sp³-hybridized carbons (Fsp3) is 0.786. The Morgan fingerprint density at radius 1 is 0.743 bits per heavy atom. The van der Waals surface area contributed by atoms with Crippen molar-refractivity contribution in [2.24, 2.45) is 0 Å². The average Bonchev–Trinajstić information content (AvgIpc) is 2.69. The van der Waals surface area contributed by atoms with Gasteiger partial charge in [0, 0.05) is 19.6 Å². The van der Waals surface area contributed by atoms with Crippen LogP contribution in [0.1, 0.15) is 99.8 Å². The Hall–Kier alpha value is -2.02. The van der Waals surface area contributed by atoms with Gasteiger partial charge in [-0.15, -0.1) is 0 Å². The summed E-state index contributed by atoms with van der Waals surface area (Å²) < 4.78 is 10.5. The van der Waals surface area contributed by atoms with E-state index in [9.17, 15) is 9.59 Å². The van der Waals surface area contributed by atoms with Gasteiger partial charge in [-0.2, -0.15) is 0 Å². The Kier molecular flexibility index (Phi) is 17.2. The molecule has 204 valence electrons. The van der Waals surface area contributed by atoms with E-state index in [0.717, 1.165) is 76.6 Å². The molecular formula is C28H53N3O4. The Labute approximate surface area is 215 Å². The van der Waals surface area contributed by atoms with Crippen LogP contribution in [-0.4, -0.2) is 61.0 Å². The molecule has 0 saturated carbocycles. The molecule has 2 amide bonds. The number of amides is 2. The van der Waals surface area contributed by atoms with Gasteiger partial charge < -0.3 is 20.1 Å². The number of ether oxygens (including phenoxy) is 2. The smallest absolute Gasteiger partial charge is 0.407 e. The molecule has 7 heteroatoms. The Morgan fingerprint density at radius 3 is 1.51 bits per heavy atom. The monoisotopic (exact) mass is 495 g/mol. The molecule has 0 aromatic carbocycles. The van der Waals surface area contributed by atoms with Gasteiger partial charge in [-0.1, -0.05) is 44.4 Å². The highest BCUT2D eigenvalue weighted by molar-refractivity contribution is 5.67. The quantitative estimate of drug-likeness (QED) is 0.176. The lowest BCUT2D eigenvalue weighted by Crippen LogP contribution is -2.33. The lowest BCUT2D eigenvalue weighted by atomic mass is 10.1. The summed E-state index contributed by atoms with van der Waals surface area (Å²) in [6, 6.07) is 0. The molecule has 0 saturated heterocycles. The second-order valence-corrected chi connectivity index (χ2v) is 11.1. The molecule has 0 rings (SSSR count). The van der Waals surface area contributed by atoms with Crippen LogP contribution >= 0.6 is 0 Å². The van der Waals surface area contributed by atoms with Gasteiger partial charge in [-0.25, -0.2) is 9.59 Å². The number of hydrogen-bond donors (Lipinski definition) is 2. The normalized spacial score (nSPS) is 12.1. The van der Waals surface area contributed by atoms with Crippen molar-refractivity contribution < 1.29 is 19.1 Å². The zero-order valence-corrected chi connectivity index (χ0v) is 23.6. The number of hydrogen-bond acceptors (Lipinski definition) is 5. The van der Waals surface area contributed by atoms with Crippen LogP contribution in [0.25, 0.3) is 0 Å². The lowest BCUT2D eigenvalue weighted by molar-refractivity contribution is 0.0515. The van der Waals surface area contributed by atoms with Crippen LogP contribution in [0, 0.1) is 0 Å². The Morgan fingerprint density at radius 2 is 1.14 bits per heavy atom. The molecular weight excluding hydrogens is 442 g/mol. The molecule has 0 aliphatic rings. The number of rotatable bonds is 17. The fourth-order valence-electron chi connectivity index (χ4n) is 3.48. The summed E-state index contributed by atoms with van der Waals surface area (Å²) in [6.45, 7) is 21.7. The number of carbonyl (C=O) groups excluding carboxylic acids is 2. The SMILES string of the molecule is C=C(/C=C\C)CN(CCCCCCNC(=O)OC(C)(C)C)CCCCCCNC(=O)OC(C)(C)C. The molecule has 0 spiro atoms. The van der Waals surface area contributed by atoms with E-state index in [4.69, 9.17) is 9.47 Å². The summed E-state index contributed by atoms with van der Waals surface area (Å²) in [4.78, 5) is 25.8. The summed E-state index contributed by atoms with van der Waals surface area (Å²) >= 11 is 0. The minimum absolute atomic E-state index is 0.341. The number of carbonyl (C=O) groups is 2. The van der Waals surface area contributed by atoms with Crippen LogP contribution in [0.3, 0.4) is 0 Å². The fourth-order valence-corrected chi connectivity index (χ4v) is 3.48. The van der Waals surface area contributed by atoms with E-state index < -0.39 is 11.2 Å². The molecule has 2 N–H and O–H groups in total. The zero-order chi connectivity index (χ0) is 26.7. The third-order valence-corrected chi connectivity index (χ3v) is 4.97. The summed E-state index contributed by atoms with van der Waals surface area (Å²) in [5.41, 5.74) is 0.221. The molecule has 0 heterocycles. The molecule has 0 bridgehead atoms. The molecule has 0 aromatic heterocycles. The lowest BCUT2D eigenvalue weighted by Gasteiger charge is -2.23. The maximum absolute atomic E-state index is 11.7. The predicted octanol–water partition coefficient (Wildman–Crippen LogP) is 6.59. The summed E-state index contributed by atoms with van der Waals surface area (Å²) in [6.07, 6.45) is 12.1. The molecule has 0 radical (unpaired) electrons. The van der Waals surface area contributed by atoms with E-state index in [-0.39, 0.29) is 12.2 Å². The van der Waals surface area contributed by atoms with Gasteiger partial charge in [0.1, 0.15) is 11.2 Å². The second-order valence-electron chi connectivity index (χ2n) is 11.1. The molecule has 0 aliphatic heterocycles. The maximum Gasteiger partial charge on any atom is 0.407 e. The third-order valence-electron chi connectivity index (χ3n) is 4.97. The van der Waals surface area contributed by atoms with E-state index in [1.807, 2.05) is 54.5 Å². The highest BCUT2D eigenvalue weighted by Gasteiger charge is 2.16. The first-order valence-electron chi connectivity index (χ1n) is 13.3. The van der Waals surface area contributed by atoms with Gasteiger partial charge in [-0.05, 0) is 92.8 Å². The van der Waals surface area contributed by atoms with Crippen molar-refractivity contribution in [2.45, 2.75) is 111 Å². The van der Waals surface area contributed by atoms with E-state index in [0.29, 0.717) is 13.1 Å². The Bertz CT molecular complexity index is 591. The third kappa shape index (κ3) is 23.5. The van der Waals surface area contributed by atoms with E-state index in [2.05, 4.69) is 28.2 Å². The van der Waals surface area contributed by atoms with Crippen LogP contribution in [0.2, 0.25) is 0 Å². The van der Waals surface area contributed by atoms with Crippen LogP contribution in [0.4, 0.5) is 9.59 Å². The summed E-state index contributed by atoms with van der Waals surface area (Å²) in [5.74, 6) is 0. The topological polar surface area (TPSA) is 79.9 Å². The van der Waals surface area contributed by atoms with Gasteiger partial charge in [0.25, 0.3) is 0 Å². The molecule has 0 atom stereocenters. The van der Waals surface area contributed by atoms with Gasteiger partial charge in [-0.3, -0.25) is 4.90 Å². The number of unbranched alkanes of at least 4 members (excludes halogenated alkanes) is 6. The molecule has 0 aliphatic carbocycles. The first kappa shape index (κ1) is 33.0. The van der Waals surface area contributed by atoms with E-state index in [1.165, 1.54) is 0 Å².